The lowest BCUT2D eigenvalue weighted by Crippen LogP contribution is -2.54. The van der Waals surface area contributed by atoms with Crippen LogP contribution in [0.15, 0.2) is 6.20 Å². The minimum atomic E-state index is -0.0540. The van der Waals surface area contributed by atoms with E-state index in [0.717, 1.165) is 19.4 Å². The Balaban J connectivity index is 0.00000242. The second-order valence-electron chi connectivity index (χ2n) is 7.16. The van der Waals surface area contributed by atoms with Crippen molar-refractivity contribution in [3.8, 4) is 0 Å². The van der Waals surface area contributed by atoms with Gasteiger partial charge in [-0.05, 0) is 24.2 Å². The molecule has 2 heterocycles. The fourth-order valence-electron chi connectivity index (χ4n) is 2.61. The van der Waals surface area contributed by atoms with E-state index in [1.54, 1.807) is 10.9 Å². The van der Waals surface area contributed by atoms with Crippen LogP contribution in [-0.4, -0.2) is 44.9 Å². The molecule has 1 fully saturated rings. The molecule has 6 nitrogen and oxygen atoms in total. The van der Waals surface area contributed by atoms with Gasteiger partial charge in [-0.1, -0.05) is 32.9 Å². The molecule has 7 heteroatoms. The number of hydrogen-bond donors (Lipinski definition) is 1. The highest BCUT2D eigenvalue weighted by Gasteiger charge is 2.36. The van der Waals surface area contributed by atoms with Gasteiger partial charge in [-0.15, -0.1) is 17.5 Å². The predicted octanol–water partition coefficient (Wildman–Crippen LogP) is 1.95. The predicted molar refractivity (Wildman–Crippen MR) is 89.0 cm³/mol. The number of likely N-dealkylation sites (tertiary alicyclic amines) is 1. The molecule has 0 bridgehead atoms. The van der Waals surface area contributed by atoms with Gasteiger partial charge in [0.2, 0.25) is 0 Å². The summed E-state index contributed by atoms with van der Waals surface area (Å²) in [4.78, 5) is 14.4. The Kier molecular flexibility index (Phi) is 6.38. The van der Waals surface area contributed by atoms with Crippen LogP contribution >= 0.6 is 12.4 Å². The fraction of sp³-hybridized carbons (Fsp3) is 0.800. The molecule has 1 aromatic heterocycles. The van der Waals surface area contributed by atoms with Gasteiger partial charge in [0.15, 0.2) is 5.69 Å². The maximum Gasteiger partial charge on any atom is 0.276 e. The molecule has 1 amide bonds. The Labute approximate surface area is 138 Å². The summed E-state index contributed by atoms with van der Waals surface area (Å²) in [6, 6.07) is 0.142. The molecule has 1 aromatic rings. The molecule has 1 aliphatic heterocycles. The van der Waals surface area contributed by atoms with Crippen LogP contribution in [0.2, 0.25) is 0 Å². The van der Waals surface area contributed by atoms with E-state index >= 15 is 0 Å². The van der Waals surface area contributed by atoms with Crippen molar-refractivity contribution in [3.63, 3.8) is 0 Å². The Morgan fingerprint density at radius 2 is 2.18 bits per heavy atom. The number of carbonyl (C=O) groups excluding carboxylic acids is 1. The molecule has 22 heavy (non-hydrogen) atoms. The normalized spacial score (nSPS) is 20.8. The minimum Gasteiger partial charge on any atom is -0.337 e. The number of rotatable bonds is 4. The summed E-state index contributed by atoms with van der Waals surface area (Å²) in [5, 5.41) is 8.08. The van der Waals surface area contributed by atoms with E-state index in [1.165, 1.54) is 0 Å². The molecule has 1 unspecified atom stereocenters. The smallest absolute Gasteiger partial charge is 0.276 e. The number of nitrogens with zero attached hydrogens (tertiary/aromatic N) is 4. The molecule has 0 saturated carbocycles. The zero-order chi connectivity index (χ0) is 15.6. The average molecular weight is 330 g/mol. The first-order valence-corrected chi connectivity index (χ1v) is 7.74. The lowest BCUT2D eigenvalue weighted by Gasteiger charge is -2.42. The number of piperidine rings is 1. The molecule has 2 N–H and O–H groups in total. The highest BCUT2D eigenvalue weighted by atomic mass is 35.5. The van der Waals surface area contributed by atoms with Crippen LogP contribution < -0.4 is 5.73 Å². The van der Waals surface area contributed by atoms with Crippen LogP contribution in [0.4, 0.5) is 0 Å². The van der Waals surface area contributed by atoms with Gasteiger partial charge < -0.3 is 10.6 Å². The Bertz CT molecular complexity index is 500. The lowest BCUT2D eigenvalue weighted by molar-refractivity contribution is 0.0527. The van der Waals surface area contributed by atoms with Gasteiger partial charge in [0.25, 0.3) is 5.91 Å². The Hall–Kier alpha value is -1.14. The van der Waals surface area contributed by atoms with E-state index in [1.807, 2.05) is 4.90 Å². The first-order chi connectivity index (χ1) is 9.79. The van der Waals surface area contributed by atoms with Gasteiger partial charge in [-0.25, -0.2) is 0 Å². The molecular weight excluding hydrogens is 302 g/mol. The third kappa shape index (κ3) is 4.43. The summed E-state index contributed by atoms with van der Waals surface area (Å²) < 4.78 is 1.76. The SMILES string of the molecule is CC(C)CCn1cc(C(=O)N2CCC(N)C(C)(C)C2)nn1.Cl. The van der Waals surface area contributed by atoms with Crippen LogP contribution in [0.3, 0.4) is 0 Å². The van der Waals surface area contributed by atoms with Gasteiger partial charge in [0.1, 0.15) is 0 Å². The van der Waals surface area contributed by atoms with Gasteiger partial charge in [0, 0.05) is 25.7 Å². The van der Waals surface area contributed by atoms with Crippen LogP contribution in [0.25, 0.3) is 0 Å². The van der Waals surface area contributed by atoms with Crippen molar-refractivity contribution in [1.82, 2.24) is 19.9 Å². The number of carbonyl (C=O) groups is 1. The fourth-order valence-corrected chi connectivity index (χ4v) is 2.61. The maximum atomic E-state index is 12.5. The zero-order valence-corrected chi connectivity index (χ0v) is 14.8. The summed E-state index contributed by atoms with van der Waals surface area (Å²) in [5.74, 6) is 0.573. The third-order valence-corrected chi connectivity index (χ3v) is 4.29. The first-order valence-electron chi connectivity index (χ1n) is 7.74. The van der Waals surface area contributed by atoms with E-state index in [4.69, 9.17) is 5.73 Å². The Morgan fingerprint density at radius 3 is 2.77 bits per heavy atom. The van der Waals surface area contributed by atoms with Crippen molar-refractivity contribution in [2.24, 2.45) is 17.1 Å². The van der Waals surface area contributed by atoms with Crippen LogP contribution in [0.5, 0.6) is 0 Å². The number of nitrogens with two attached hydrogens (primary N) is 1. The van der Waals surface area contributed by atoms with Crippen LogP contribution in [-0.2, 0) is 6.54 Å². The van der Waals surface area contributed by atoms with Gasteiger partial charge in [-0.3, -0.25) is 9.48 Å². The van der Waals surface area contributed by atoms with Gasteiger partial charge in [0.05, 0.1) is 6.20 Å². The van der Waals surface area contributed by atoms with E-state index < -0.39 is 0 Å². The van der Waals surface area contributed by atoms with E-state index in [-0.39, 0.29) is 29.8 Å². The van der Waals surface area contributed by atoms with Crippen molar-refractivity contribution in [1.29, 1.82) is 0 Å². The second kappa shape index (κ2) is 7.42. The van der Waals surface area contributed by atoms with E-state index in [0.29, 0.717) is 24.7 Å². The van der Waals surface area contributed by atoms with E-state index in [9.17, 15) is 4.79 Å². The van der Waals surface area contributed by atoms with Gasteiger partial charge >= 0.3 is 0 Å². The van der Waals surface area contributed by atoms with Gasteiger partial charge in [-0.2, -0.15) is 0 Å². The molecule has 1 aliphatic rings. The molecule has 2 rings (SSSR count). The van der Waals surface area contributed by atoms with Crippen molar-refractivity contribution >= 4 is 18.3 Å². The molecule has 0 spiro atoms. The number of aryl methyl sites for hydroxylation is 1. The number of hydrogen-bond acceptors (Lipinski definition) is 4. The van der Waals surface area contributed by atoms with Crippen molar-refractivity contribution in [2.45, 2.75) is 53.1 Å². The minimum absolute atomic E-state index is 0. The molecule has 0 radical (unpaired) electrons. The van der Waals surface area contributed by atoms with Crippen molar-refractivity contribution in [2.75, 3.05) is 13.1 Å². The number of amides is 1. The topological polar surface area (TPSA) is 77.0 Å². The highest BCUT2D eigenvalue weighted by molar-refractivity contribution is 5.92. The monoisotopic (exact) mass is 329 g/mol. The Morgan fingerprint density at radius 1 is 1.50 bits per heavy atom. The number of aromatic nitrogens is 3. The standard InChI is InChI=1S/C15H27N5O.ClH/c1-11(2)5-8-20-9-12(17-18-20)14(21)19-7-6-13(16)15(3,4)10-19;/h9,11,13H,5-8,10,16H2,1-4H3;1H. The molecule has 1 atom stereocenters. The molecule has 0 aromatic carbocycles. The summed E-state index contributed by atoms with van der Waals surface area (Å²) >= 11 is 0. The molecule has 126 valence electrons. The number of halogens is 1. The zero-order valence-electron chi connectivity index (χ0n) is 14.0. The quantitative estimate of drug-likeness (QED) is 0.915. The molecule has 1 saturated heterocycles. The lowest BCUT2D eigenvalue weighted by atomic mass is 9.79. The summed E-state index contributed by atoms with van der Waals surface area (Å²) in [7, 11) is 0. The van der Waals surface area contributed by atoms with Crippen LogP contribution in [0.1, 0.15) is 51.0 Å². The third-order valence-electron chi connectivity index (χ3n) is 4.29. The molecular formula is C15H28ClN5O. The first kappa shape index (κ1) is 18.9. The van der Waals surface area contributed by atoms with Crippen molar-refractivity contribution in [3.05, 3.63) is 11.9 Å². The maximum absolute atomic E-state index is 12.5. The average Bonchev–Trinajstić information content (AvgIpc) is 2.87. The summed E-state index contributed by atoms with van der Waals surface area (Å²) in [6.07, 6.45) is 3.62. The second-order valence-corrected chi connectivity index (χ2v) is 7.16. The molecule has 0 aliphatic carbocycles. The highest BCUT2D eigenvalue weighted by Crippen LogP contribution is 2.28. The van der Waals surface area contributed by atoms with E-state index in [2.05, 4.69) is 38.0 Å². The largest absolute Gasteiger partial charge is 0.337 e. The van der Waals surface area contributed by atoms with Crippen molar-refractivity contribution < 1.29 is 4.79 Å². The summed E-state index contributed by atoms with van der Waals surface area (Å²) in [5.41, 5.74) is 6.50. The van der Waals surface area contributed by atoms with Crippen LogP contribution in [0, 0.1) is 11.3 Å². The summed E-state index contributed by atoms with van der Waals surface area (Å²) in [6.45, 7) is 10.7.